The molecule has 0 radical (unpaired) electrons. The SMILES string of the molecule is Cc1cc2c(cc1N1c3cc4c(cc3B3c5c(cc6c(sc7ccccc76)c51)-c1cccc5c6c7ccccc7oc6n3c15)oc1ccccc14)C(C)(C)CCC2(C)C. The first-order valence-electron chi connectivity index (χ1n) is 21.0. The molecule has 6 heterocycles. The summed E-state index contributed by atoms with van der Waals surface area (Å²) in [5.41, 5.74) is 18.1. The van der Waals surface area contributed by atoms with E-state index in [9.17, 15) is 0 Å². The van der Waals surface area contributed by atoms with Crippen LogP contribution in [0.15, 0.2) is 130 Å². The van der Waals surface area contributed by atoms with E-state index in [0.29, 0.717) is 0 Å². The third-order valence-electron chi connectivity index (χ3n) is 14.5. The van der Waals surface area contributed by atoms with Gasteiger partial charge in [0.05, 0.1) is 15.8 Å². The van der Waals surface area contributed by atoms with E-state index in [1.165, 1.54) is 98.7 Å². The Balaban J connectivity index is 1.21. The monoisotopic (exact) mass is 778 g/mol. The summed E-state index contributed by atoms with van der Waals surface area (Å²) in [6, 6.07) is 45.3. The number of para-hydroxylation sites is 3. The number of rotatable bonds is 1. The Morgan fingerprint density at radius 2 is 1.29 bits per heavy atom. The molecule has 59 heavy (non-hydrogen) atoms. The summed E-state index contributed by atoms with van der Waals surface area (Å²) >= 11 is 1.93. The van der Waals surface area contributed by atoms with Gasteiger partial charge < -0.3 is 18.2 Å². The molecule has 0 fully saturated rings. The largest absolute Gasteiger partial charge is 0.456 e. The van der Waals surface area contributed by atoms with Gasteiger partial charge >= 0.3 is 6.85 Å². The van der Waals surface area contributed by atoms with E-state index < -0.39 is 0 Å². The molecular weight excluding hydrogens is 739 g/mol. The molecule has 4 aromatic heterocycles. The van der Waals surface area contributed by atoms with Crippen LogP contribution in [0.3, 0.4) is 0 Å². The predicted molar refractivity (Wildman–Crippen MR) is 250 cm³/mol. The average molecular weight is 779 g/mol. The highest BCUT2D eigenvalue weighted by molar-refractivity contribution is 7.26. The van der Waals surface area contributed by atoms with Gasteiger partial charge in [-0.05, 0) is 106 Å². The highest BCUT2D eigenvalue weighted by Gasteiger charge is 2.46. The maximum Gasteiger partial charge on any atom is 0.336 e. The van der Waals surface area contributed by atoms with Crippen LogP contribution in [0.25, 0.3) is 86.2 Å². The summed E-state index contributed by atoms with van der Waals surface area (Å²) in [6.45, 7) is 11.9. The number of benzene rings is 7. The zero-order valence-corrected chi connectivity index (χ0v) is 34.5. The van der Waals surface area contributed by atoms with Crippen molar-refractivity contribution in [2.24, 2.45) is 0 Å². The molecule has 0 N–H and O–H groups in total. The van der Waals surface area contributed by atoms with Crippen molar-refractivity contribution in [3.05, 3.63) is 138 Å². The van der Waals surface area contributed by atoms with Crippen molar-refractivity contribution in [1.29, 1.82) is 0 Å². The van der Waals surface area contributed by atoms with Crippen molar-refractivity contribution in [3.63, 3.8) is 0 Å². The average Bonchev–Trinajstić information content (AvgIpc) is 3.99. The normalized spacial score (nSPS) is 16.3. The molecule has 0 unspecified atom stereocenters. The summed E-state index contributed by atoms with van der Waals surface area (Å²) in [5.74, 6) is 0. The Hall–Kier alpha value is -6.24. The fourth-order valence-corrected chi connectivity index (χ4v) is 12.8. The molecule has 282 valence electrons. The van der Waals surface area contributed by atoms with Crippen molar-refractivity contribution in [3.8, 4) is 11.1 Å². The zero-order chi connectivity index (χ0) is 39.3. The maximum atomic E-state index is 7.01. The Bertz CT molecular complexity index is 3720. The molecule has 1 aliphatic carbocycles. The Morgan fingerprint density at radius 3 is 2.10 bits per heavy atom. The third-order valence-corrected chi connectivity index (χ3v) is 15.7. The van der Waals surface area contributed by atoms with Gasteiger partial charge in [-0.2, -0.15) is 0 Å². The van der Waals surface area contributed by atoms with Crippen molar-refractivity contribution >= 4 is 121 Å². The molecule has 4 nitrogen and oxygen atoms in total. The minimum absolute atomic E-state index is 0.0464. The van der Waals surface area contributed by atoms with Gasteiger partial charge in [-0.15, -0.1) is 11.3 Å². The number of hydrogen-bond donors (Lipinski definition) is 0. The second-order valence-corrected chi connectivity index (χ2v) is 19.8. The van der Waals surface area contributed by atoms with E-state index in [4.69, 9.17) is 8.83 Å². The van der Waals surface area contributed by atoms with Crippen molar-refractivity contribution in [2.45, 2.75) is 58.3 Å². The van der Waals surface area contributed by atoms with Crippen LogP contribution in [0.1, 0.15) is 57.2 Å². The van der Waals surface area contributed by atoms with Crippen LogP contribution in [-0.2, 0) is 10.8 Å². The van der Waals surface area contributed by atoms with Crippen LogP contribution < -0.4 is 15.8 Å². The van der Waals surface area contributed by atoms with Gasteiger partial charge in [-0.1, -0.05) is 107 Å². The molecule has 0 saturated carbocycles. The van der Waals surface area contributed by atoms with Gasteiger partial charge in [0.15, 0.2) is 5.71 Å². The van der Waals surface area contributed by atoms with Crippen LogP contribution in [0.4, 0.5) is 17.1 Å². The lowest BCUT2D eigenvalue weighted by Crippen LogP contribution is -2.56. The van der Waals surface area contributed by atoms with E-state index in [-0.39, 0.29) is 17.7 Å². The van der Waals surface area contributed by atoms with E-state index in [0.717, 1.165) is 45.0 Å². The molecular formula is C53H39BN2O2S. The molecule has 6 heteroatoms. The Kier molecular flexibility index (Phi) is 5.92. The lowest BCUT2D eigenvalue weighted by molar-refractivity contribution is 0.332. The lowest BCUT2D eigenvalue weighted by Gasteiger charge is -2.44. The minimum atomic E-state index is -0.165. The highest BCUT2D eigenvalue weighted by atomic mass is 32.1. The van der Waals surface area contributed by atoms with Gasteiger partial charge in [0.25, 0.3) is 0 Å². The molecule has 0 bridgehead atoms. The number of fused-ring (bicyclic) bond motifs is 17. The van der Waals surface area contributed by atoms with Crippen LogP contribution in [-0.4, -0.2) is 11.3 Å². The fraction of sp³-hybridized carbons (Fsp3) is 0.170. The quantitative estimate of drug-likeness (QED) is 0.156. The molecule has 0 spiro atoms. The first-order valence-corrected chi connectivity index (χ1v) is 21.8. The lowest BCUT2D eigenvalue weighted by atomic mass is 9.45. The summed E-state index contributed by atoms with van der Waals surface area (Å²) < 4.78 is 18.9. The number of hydrogen-bond acceptors (Lipinski definition) is 4. The van der Waals surface area contributed by atoms with Gasteiger partial charge in [0.1, 0.15) is 16.7 Å². The molecule has 3 aliphatic rings. The van der Waals surface area contributed by atoms with E-state index in [1.807, 2.05) is 11.3 Å². The smallest absolute Gasteiger partial charge is 0.336 e. The van der Waals surface area contributed by atoms with Crippen LogP contribution in [0, 0.1) is 6.92 Å². The number of furan rings is 2. The second kappa shape index (κ2) is 10.7. The summed E-state index contributed by atoms with van der Waals surface area (Å²) in [6.07, 6.45) is 2.34. The van der Waals surface area contributed by atoms with Gasteiger partial charge in [-0.25, -0.2) is 0 Å². The number of aromatic nitrogens is 1. The first kappa shape index (κ1) is 32.7. The maximum absolute atomic E-state index is 7.01. The summed E-state index contributed by atoms with van der Waals surface area (Å²) in [4.78, 5) is 2.67. The minimum Gasteiger partial charge on any atom is -0.456 e. The Morgan fingerprint density at radius 1 is 0.593 bits per heavy atom. The highest BCUT2D eigenvalue weighted by Crippen LogP contribution is 2.55. The predicted octanol–water partition coefficient (Wildman–Crippen LogP) is 13.9. The molecule has 11 aromatic rings. The zero-order valence-electron chi connectivity index (χ0n) is 33.7. The fourth-order valence-electron chi connectivity index (χ4n) is 11.5. The van der Waals surface area contributed by atoms with Crippen LogP contribution >= 0.6 is 11.3 Å². The van der Waals surface area contributed by atoms with Crippen LogP contribution in [0.5, 0.6) is 0 Å². The number of thiophene rings is 1. The van der Waals surface area contributed by atoms with Crippen molar-refractivity contribution < 1.29 is 8.83 Å². The van der Waals surface area contributed by atoms with Gasteiger partial charge in [0, 0.05) is 59.5 Å². The molecule has 0 atom stereocenters. The first-order chi connectivity index (χ1) is 28.7. The standard InChI is InChI=1S/C53H39BN2O2S/c1-28-23-37-38(53(4,5)22-21-52(37,2)3)26-40(28)55-41-25-34-29-13-6-9-18-42(29)57-44(34)27-39(41)54-47-35(24-36-30-14-8-11-20-45(30)59-50(36)49(47)55)31-16-12-17-33-46-32-15-7-10-19-43(32)58-51(46)56(54)48(31)33/h6-20,23-27H,21-22H2,1-5H3. The van der Waals surface area contributed by atoms with Crippen molar-refractivity contribution in [1.82, 2.24) is 4.48 Å². The van der Waals surface area contributed by atoms with Gasteiger partial charge in [0.2, 0.25) is 0 Å². The van der Waals surface area contributed by atoms with Gasteiger partial charge in [-0.3, -0.25) is 0 Å². The second-order valence-electron chi connectivity index (χ2n) is 18.7. The number of aryl methyl sites for hydroxylation is 1. The Labute approximate surface area is 345 Å². The van der Waals surface area contributed by atoms with Crippen LogP contribution in [0.2, 0.25) is 0 Å². The molecule has 0 amide bonds. The summed E-state index contributed by atoms with van der Waals surface area (Å²) in [5, 5.41) is 8.46. The topological polar surface area (TPSA) is 34.5 Å². The van der Waals surface area contributed by atoms with E-state index in [1.54, 1.807) is 0 Å². The molecule has 2 aliphatic heterocycles. The number of anilines is 3. The van der Waals surface area contributed by atoms with Crippen molar-refractivity contribution in [2.75, 3.05) is 4.90 Å². The number of nitrogens with zero attached hydrogens (tertiary/aromatic N) is 2. The molecule has 0 saturated heterocycles. The van der Waals surface area contributed by atoms with E-state index in [2.05, 4.69) is 165 Å². The third kappa shape index (κ3) is 3.97. The molecule has 7 aromatic carbocycles. The summed E-state index contributed by atoms with van der Waals surface area (Å²) in [7, 11) is 0. The van der Waals surface area contributed by atoms with E-state index >= 15 is 0 Å². The molecule has 14 rings (SSSR count).